The van der Waals surface area contributed by atoms with E-state index in [9.17, 15) is 4.39 Å². The van der Waals surface area contributed by atoms with Crippen LogP contribution >= 0.6 is 0 Å². The molecule has 1 fully saturated rings. The molecule has 0 aliphatic carbocycles. The average Bonchev–Trinajstić information content (AvgIpc) is 2.34. The third kappa shape index (κ3) is 2.65. The van der Waals surface area contributed by atoms with Crippen LogP contribution in [0.1, 0.15) is 19.4 Å². The average molecular weight is 251 g/mol. The Labute approximate surface area is 108 Å². The van der Waals surface area contributed by atoms with Gasteiger partial charge in [0.1, 0.15) is 5.82 Å². The Kier molecular flexibility index (Phi) is 3.88. The molecule has 4 heteroatoms. The first kappa shape index (κ1) is 13.3. The Bertz CT molecular complexity index is 410. The summed E-state index contributed by atoms with van der Waals surface area (Å²) < 4.78 is 13.5. The molecule has 2 rings (SSSR count). The van der Waals surface area contributed by atoms with E-state index in [1.807, 2.05) is 6.07 Å². The van der Waals surface area contributed by atoms with Crippen LogP contribution < -0.4 is 10.6 Å². The molecule has 0 aromatic heterocycles. The van der Waals surface area contributed by atoms with Crippen molar-refractivity contribution in [3.63, 3.8) is 0 Å². The van der Waals surface area contributed by atoms with E-state index in [2.05, 4.69) is 30.7 Å². The molecule has 100 valence electrons. The molecule has 0 bridgehead atoms. The Hall–Kier alpha value is -1.13. The predicted octanol–water partition coefficient (Wildman–Crippen LogP) is 1.81. The summed E-state index contributed by atoms with van der Waals surface area (Å²) in [6.45, 7) is 6.63. The van der Waals surface area contributed by atoms with E-state index in [1.165, 1.54) is 6.07 Å². The van der Waals surface area contributed by atoms with Gasteiger partial charge in [0, 0.05) is 37.4 Å². The van der Waals surface area contributed by atoms with Gasteiger partial charge in [0.2, 0.25) is 0 Å². The van der Waals surface area contributed by atoms with Crippen molar-refractivity contribution in [3.8, 4) is 0 Å². The Balaban J connectivity index is 2.23. The number of piperazine rings is 1. The van der Waals surface area contributed by atoms with Crippen molar-refractivity contribution in [1.82, 2.24) is 4.90 Å². The van der Waals surface area contributed by atoms with Crippen molar-refractivity contribution in [2.75, 3.05) is 25.0 Å². The van der Waals surface area contributed by atoms with Gasteiger partial charge in [-0.25, -0.2) is 4.39 Å². The monoisotopic (exact) mass is 251 g/mol. The van der Waals surface area contributed by atoms with Gasteiger partial charge < -0.3 is 10.6 Å². The maximum Gasteiger partial charge on any atom is 0.125 e. The number of rotatable bonds is 2. The molecule has 3 nitrogen and oxygen atoms in total. The number of anilines is 1. The minimum Gasteiger partial charge on any atom is -0.368 e. The number of hydrogen-bond donors (Lipinski definition) is 1. The van der Waals surface area contributed by atoms with Crippen LogP contribution in [0.2, 0.25) is 0 Å². The van der Waals surface area contributed by atoms with Gasteiger partial charge >= 0.3 is 0 Å². The van der Waals surface area contributed by atoms with Crippen LogP contribution in [-0.4, -0.2) is 37.1 Å². The minimum atomic E-state index is -0.202. The number of halogens is 1. The topological polar surface area (TPSA) is 32.5 Å². The SMILES string of the molecule is CC1CN(c2cc(F)cc(CN)c2)CC(C)N1C. The summed E-state index contributed by atoms with van der Waals surface area (Å²) in [7, 11) is 2.14. The lowest BCUT2D eigenvalue weighted by Gasteiger charge is -2.43. The number of hydrogen-bond acceptors (Lipinski definition) is 3. The molecule has 2 unspecified atom stereocenters. The van der Waals surface area contributed by atoms with Gasteiger partial charge in [-0.1, -0.05) is 0 Å². The molecule has 1 aromatic rings. The summed E-state index contributed by atoms with van der Waals surface area (Å²) in [5.41, 5.74) is 7.40. The molecule has 1 aliphatic heterocycles. The van der Waals surface area contributed by atoms with Gasteiger partial charge in [-0.05, 0) is 44.7 Å². The molecule has 1 aliphatic rings. The van der Waals surface area contributed by atoms with Gasteiger partial charge in [-0.15, -0.1) is 0 Å². The van der Waals surface area contributed by atoms with Gasteiger partial charge in [0.25, 0.3) is 0 Å². The van der Waals surface area contributed by atoms with Crippen molar-refractivity contribution in [3.05, 3.63) is 29.6 Å². The molecule has 0 radical (unpaired) electrons. The second-order valence-electron chi connectivity index (χ2n) is 5.29. The molecule has 1 aromatic carbocycles. The summed E-state index contributed by atoms with van der Waals surface area (Å²) in [5, 5.41) is 0. The lowest BCUT2D eigenvalue weighted by atomic mass is 10.1. The first-order valence-electron chi connectivity index (χ1n) is 6.47. The maximum atomic E-state index is 13.5. The van der Waals surface area contributed by atoms with E-state index in [0.29, 0.717) is 18.6 Å². The van der Waals surface area contributed by atoms with Gasteiger partial charge in [0.15, 0.2) is 0 Å². The lowest BCUT2D eigenvalue weighted by molar-refractivity contribution is 0.170. The molecule has 1 heterocycles. The lowest BCUT2D eigenvalue weighted by Crippen LogP contribution is -2.55. The third-order valence-corrected chi connectivity index (χ3v) is 3.90. The normalized spacial score (nSPS) is 25.5. The fraction of sp³-hybridized carbons (Fsp3) is 0.571. The summed E-state index contributed by atoms with van der Waals surface area (Å²) in [6, 6.07) is 6.04. The minimum absolute atomic E-state index is 0.202. The van der Waals surface area contributed by atoms with Crippen molar-refractivity contribution in [2.24, 2.45) is 5.73 Å². The summed E-state index contributed by atoms with van der Waals surface area (Å²) >= 11 is 0. The largest absolute Gasteiger partial charge is 0.368 e. The highest BCUT2D eigenvalue weighted by Gasteiger charge is 2.26. The smallest absolute Gasteiger partial charge is 0.125 e. The zero-order chi connectivity index (χ0) is 13.3. The summed E-state index contributed by atoms with van der Waals surface area (Å²) in [4.78, 5) is 4.61. The van der Waals surface area contributed by atoms with E-state index in [-0.39, 0.29) is 5.82 Å². The zero-order valence-electron chi connectivity index (χ0n) is 11.4. The first-order chi connectivity index (χ1) is 8.51. The van der Waals surface area contributed by atoms with E-state index in [0.717, 1.165) is 24.3 Å². The molecular formula is C14H22FN3. The van der Waals surface area contributed by atoms with Crippen LogP contribution in [0.3, 0.4) is 0 Å². The Morgan fingerprint density at radius 2 is 1.83 bits per heavy atom. The highest BCUT2D eigenvalue weighted by atomic mass is 19.1. The van der Waals surface area contributed by atoms with Crippen LogP contribution in [0, 0.1) is 5.82 Å². The van der Waals surface area contributed by atoms with Gasteiger partial charge in [0.05, 0.1) is 0 Å². The number of likely N-dealkylation sites (N-methyl/N-ethyl adjacent to an activating group) is 1. The standard InChI is InChI=1S/C14H22FN3/c1-10-8-18(9-11(2)17(10)3)14-5-12(7-16)4-13(15)6-14/h4-6,10-11H,7-9,16H2,1-3H3. The van der Waals surface area contributed by atoms with Crippen LogP contribution in [0.5, 0.6) is 0 Å². The number of nitrogens with zero attached hydrogens (tertiary/aromatic N) is 2. The van der Waals surface area contributed by atoms with Crippen molar-refractivity contribution in [2.45, 2.75) is 32.5 Å². The summed E-state index contributed by atoms with van der Waals surface area (Å²) in [6.07, 6.45) is 0. The Morgan fingerprint density at radius 1 is 1.22 bits per heavy atom. The van der Waals surface area contributed by atoms with E-state index in [1.54, 1.807) is 6.07 Å². The van der Waals surface area contributed by atoms with E-state index >= 15 is 0 Å². The van der Waals surface area contributed by atoms with Crippen molar-refractivity contribution >= 4 is 5.69 Å². The molecule has 2 N–H and O–H groups in total. The van der Waals surface area contributed by atoms with E-state index in [4.69, 9.17) is 5.73 Å². The first-order valence-corrected chi connectivity index (χ1v) is 6.47. The predicted molar refractivity (Wildman–Crippen MR) is 73.2 cm³/mol. The van der Waals surface area contributed by atoms with Gasteiger partial charge in [-0.2, -0.15) is 0 Å². The van der Waals surface area contributed by atoms with Gasteiger partial charge in [-0.3, -0.25) is 4.90 Å². The molecule has 0 amide bonds. The number of benzene rings is 1. The zero-order valence-corrected chi connectivity index (χ0v) is 11.4. The maximum absolute atomic E-state index is 13.5. The second kappa shape index (κ2) is 5.24. The second-order valence-corrected chi connectivity index (χ2v) is 5.29. The molecular weight excluding hydrogens is 229 g/mol. The van der Waals surface area contributed by atoms with Crippen molar-refractivity contribution < 1.29 is 4.39 Å². The summed E-state index contributed by atoms with van der Waals surface area (Å²) in [5.74, 6) is -0.202. The van der Waals surface area contributed by atoms with Crippen LogP contribution in [-0.2, 0) is 6.54 Å². The fourth-order valence-corrected chi connectivity index (χ4v) is 2.55. The quantitative estimate of drug-likeness (QED) is 0.870. The molecule has 0 spiro atoms. The van der Waals surface area contributed by atoms with Crippen LogP contribution in [0.4, 0.5) is 10.1 Å². The highest BCUT2D eigenvalue weighted by molar-refractivity contribution is 5.50. The molecule has 0 saturated carbocycles. The third-order valence-electron chi connectivity index (χ3n) is 3.90. The van der Waals surface area contributed by atoms with Crippen LogP contribution in [0.15, 0.2) is 18.2 Å². The molecule has 1 saturated heterocycles. The van der Waals surface area contributed by atoms with Crippen LogP contribution in [0.25, 0.3) is 0 Å². The molecule has 2 atom stereocenters. The Morgan fingerprint density at radius 3 is 2.39 bits per heavy atom. The molecule has 18 heavy (non-hydrogen) atoms. The van der Waals surface area contributed by atoms with E-state index < -0.39 is 0 Å². The highest BCUT2D eigenvalue weighted by Crippen LogP contribution is 2.23. The fourth-order valence-electron chi connectivity index (χ4n) is 2.55. The van der Waals surface area contributed by atoms with Crippen molar-refractivity contribution in [1.29, 1.82) is 0 Å². The number of nitrogens with two attached hydrogens (primary N) is 1.